The first-order valence-electron chi connectivity index (χ1n) is 8.86. The zero-order valence-corrected chi connectivity index (χ0v) is 16.1. The molecule has 26 heavy (non-hydrogen) atoms. The summed E-state index contributed by atoms with van der Waals surface area (Å²) in [5.74, 6) is 1.47. The summed E-state index contributed by atoms with van der Waals surface area (Å²) in [6.07, 6.45) is 3.60. The summed E-state index contributed by atoms with van der Waals surface area (Å²) in [5.41, 5.74) is 2.04. The third-order valence-electron chi connectivity index (χ3n) is 4.79. The number of amides is 1. The molecular weight excluding hydrogens is 370 g/mol. The molecule has 0 bridgehead atoms. The predicted octanol–water partition coefficient (Wildman–Crippen LogP) is 4.49. The number of hydrogen-bond acceptors (Lipinski definition) is 4. The number of Topliss-reactive ketones (excluding diaryl/α,β-unsaturated/α-hetero) is 1. The van der Waals surface area contributed by atoms with E-state index in [1.807, 2.05) is 18.2 Å². The summed E-state index contributed by atoms with van der Waals surface area (Å²) in [6.45, 7) is 2.07. The van der Waals surface area contributed by atoms with Crippen LogP contribution in [-0.2, 0) is 11.2 Å². The molecule has 2 heterocycles. The molecule has 6 heteroatoms. The van der Waals surface area contributed by atoms with Crippen LogP contribution in [0.5, 0.6) is 5.75 Å². The molecule has 1 N–H and O–H groups in total. The van der Waals surface area contributed by atoms with Crippen LogP contribution >= 0.6 is 22.9 Å². The molecule has 1 unspecified atom stereocenters. The first-order valence-corrected chi connectivity index (χ1v) is 10.1. The minimum Gasteiger partial charge on any atom is -0.486 e. The molecule has 1 atom stereocenters. The van der Waals surface area contributed by atoms with E-state index in [1.165, 1.54) is 24.2 Å². The topological polar surface area (TPSA) is 55.4 Å². The molecule has 1 aliphatic carbocycles. The summed E-state index contributed by atoms with van der Waals surface area (Å²) in [6, 6.07) is 7.75. The normalized spacial score (nSPS) is 18.3. The number of hydrogen-bond donors (Lipinski definition) is 1. The lowest BCUT2D eigenvalue weighted by molar-refractivity contribution is -0.121. The molecule has 1 amide bonds. The summed E-state index contributed by atoms with van der Waals surface area (Å²) in [4.78, 5) is 25.1. The van der Waals surface area contributed by atoms with Gasteiger partial charge < -0.3 is 10.1 Å². The molecule has 1 aromatic heterocycles. The van der Waals surface area contributed by atoms with E-state index < -0.39 is 0 Å². The molecule has 0 radical (unpaired) electrons. The minimum atomic E-state index is -0.0861. The Kier molecular flexibility index (Phi) is 4.76. The molecular formula is C20H20ClNO3S. The molecule has 1 saturated carbocycles. The molecule has 1 aliphatic heterocycles. The monoisotopic (exact) mass is 389 g/mol. The Morgan fingerprint density at radius 3 is 2.81 bits per heavy atom. The number of nitrogens with one attached hydrogen (secondary N) is 1. The molecule has 0 spiro atoms. The van der Waals surface area contributed by atoms with Gasteiger partial charge in [-0.1, -0.05) is 11.6 Å². The number of benzene rings is 1. The van der Waals surface area contributed by atoms with Crippen LogP contribution in [0.25, 0.3) is 10.4 Å². The number of carbonyl (C=O) groups excluding carboxylic acids is 2. The number of rotatable bonds is 6. The summed E-state index contributed by atoms with van der Waals surface area (Å²) < 4.78 is 5.95. The van der Waals surface area contributed by atoms with E-state index in [2.05, 4.69) is 11.4 Å². The van der Waals surface area contributed by atoms with Crippen molar-refractivity contribution in [3.05, 3.63) is 39.7 Å². The molecule has 136 valence electrons. The van der Waals surface area contributed by atoms with Crippen molar-refractivity contribution < 1.29 is 14.3 Å². The average molecular weight is 390 g/mol. The molecule has 4 nitrogen and oxygen atoms in total. The summed E-state index contributed by atoms with van der Waals surface area (Å²) >= 11 is 7.89. The van der Waals surface area contributed by atoms with Crippen molar-refractivity contribution in [2.24, 2.45) is 5.92 Å². The van der Waals surface area contributed by atoms with Gasteiger partial charge in [0.25, 0.3) is 0 Å². The molecule has 2 aromatic rings. The van der Waals surface area contributed by atoms with Crippen molar-refractivity contribution >= 4 is 34.6 Å². The van der Waals surface area contributed by atoms with Crippen molar-refractivity contribution in [2.75, 3.05) is 6.54 Å². The van der Waals surface area contributed by atoms with Gasteiger partial charge in [0.1, 0.15) is 11.9 Å². The maximum atomic E-state index is 11.9. The van der Waals surface area contributed by atoms with Gasteiger partial charge in [0, 0.05) is 23.3 Å². The minimum absolute atomic E-state index is 0.0684. The van der Waals surface area contributed by atoms with Gasteiger partial charge in [0.2, 0.25) is 5.91 Å². The van der Waals surface area contributed by atoms with E-state index in [0.29, 0.717) is 29.7 Å². The molecule has 0 saturated heterocycles. The van der Waals surface area contributed by atoms with Crippen LogP contribution < -0.4 is 10.1 Å². The van der Waals surface area contributed by atoms with Crippen molar-refractivity contribution in [3.8, 4) is 16.2 Å². The fourth-order valence-corrected chi connectivity index (χ4v) is 4.38. The first-order chi connectivity index (χ1) is 12.5. The van der Waals surface area contributed by atoms with Crippen molar-refractivity contribution in [3.63, 3.8) is 0 Å². The first kappa shape index (κ1) is 17.6. The van der Waals surface area contributed by atoms with Gasteiger partial charge in [-0.15, -0.1) is 11.3 Å². The van der Waals surface area contributed by atoms with Gasteiger partial charge in [0.15, 0.2) is 5.78 Å². The van der Waals surface area contributed by atoms with E-state index in [-0.39, 0.29) is 17.8 Å². The highest BCUT2D eigenvalue weighted by Crippen LogP contribution is 2.41. The van der Waals surface area contributed by atoms with E-state index in [9.17, 15) is 9.59 Å². The zero-order chi connectivity index (χ0) is 18.3. The van der Waals surface area contributed by atoms with Crippen LogP contribution in [0.3, 0.4) is 0 Å². The number of ether oxygens (including phenoxy) is 1. The van der Waals surface area contributed by atoms with Gasteiger partial charge in [-0.05, 0) is 55.5 Å². The van der Waals surface area contributed by atoms with Gasteiger partial charge in [0.05, 0.1) is 16.4 Å². The maximum absolute atomic E-state index is 11.9. The van der Waals surface area contributed by atoms with Crippen LogP contribution in [-0.4, -0.2) is 24.3 Å². The van der Waals surface area contributed by atoms with E-state index in [0.717, 1.165) is 27.3 Å². The lowest BCUT2D eigenvalue weighted by atomic mass is 10.1. The van der Waals surface area contributed by atoms with Crippen molar-refractivity contribution in [1.29, 1.82) is 0 Å². The Hall–Kier alpha value is -1.85. The Balaban J connectivity index is 1.44. The second-order valence-electron chi connectivity index (χ2n) is 7.06. The Bertz CT molecular complexity index is 872. The van der Waals surface area contributed by atoms with E-state index >= 15 is 0 Å². The van der Waals surface area contributed by atoms with Gasteiger partial charge in [-0.3, -0.25) is 9.59 Å². The molecule has 4 rings (SSSR count). The quantitative estimate of drug-likeness (QED) is 0.740. The van der Waals surface area contributed by atoms with Crippen molar-refractivity contribution in [1.82, 2.24) is 5.32 Å². The maximum Gasteiger partial charge on any atom is 0.220 e. The van der Waals surface area contributed by atoms with Crippen molar-refractivity contribution in [2.45, 2.75) is 38.7 Å². The standard InChI is InChI=1S/C20H20ClNO3S/c1-11(23)17-4-5-18(26-17)13-7-14-8-15(25-20(14)16(21)9-13)10-22-19(24)6-12-2-3-12/h4-5,7,9,12,15H,2-3,6,8,10H2,1H3,(H,22,24). The highest BCUT2D eigenvalue weighted by Gasteiger charge is 2.28. The van der Waals surface area contributed by atoms with Crippen LogP contribution in [0.1, 0.15) is 41.4 Å². The predicted molar refractivity (Wildman–Crippen MR) is 103 cm³/mol. The van der Waals surface area contributed by atoms with Crippen LogP contribution in [0.4, 0.5) is 0 Å². The largest absolute Gasteiger partial charge is 0.486 e. The fourth-order valence-electron chi connectivity index (χ4n) is 3.21. The zero-order valence-electron chi connectivity index (χ0n) is 14.5. The van der Waals surface area contributed by atoms with Gasteiger partial charge >= 0.3 is 0 Å². The number of ketones is 1. The molecule has 1 fully saturated rings. The van der Waals surface area contributed by atoms with Gasteiger partial charge in [-0.25, -0.2) is 0 Å². The summed E-state index contributed by atoms with van der Waals surface area (Å²) in [7, 11) is 0. The summed E-state index contributed by atoms with van der Waals surface area (Å²) in [5, 5.41) is 3.54. The average Bonchev–Trinajstić information content (AvgIpc) is 3.12. The SMILES string of the molecule is CC(=O)c1ccc(-c2cc(Cl)c3c(c2)CC(CNC(=O)CC2CC2)O3)s1. The number of fused-ring (bicyclic) bond motifs is 1. The Morgan fingerprint density at radius 2 is 2.12 bits per heavy atom. The highest BCUT2D eigenvalue weighted by atomic mass is 35.5. The van der Waals surface area contributed by atoms with Crippen LogP contribution in [0, 0.1) is 5.92 Å². The number of thiophene rings is 1. The third-order valence-corrected chi connectivity index (χ3v) is 6.30. The lowest BCUT2D eigenvalue weighted by Crippen LogP contribution is -2.34. The third kappa shape index (κ3) is 3.79. The number of halogens is 1. The second kappa shape index (κ2) is 7.05. The molecule has 2 aliphatic rings. The van der Waals surface area contributed by atoms with Gasteiger partial charge in [-0.2, -0.15) is 0 Å². The van der Waals surface area contributed by atoms with Crippen LogP contribution in [0.2, 0.25) is 5.02 Å². The Labute approximate surface area is 161 Å². The number of carbonyl (C=O) groups is 2. The smallest absolute Gasteiger partial charge is 0.220 e. The molecule has 1 aromatic carbocycles. The fraction of sp³-hybridized carbons (Fsp3) is 0.400. The highest BCUT2D eigenvalue weighted by molar-refractivity contribution is 7.17. The van der Waals surface area contributed by atoms with E-state index in [4.69, 9.17) is 16.3 Å². The Morgan fingerprint density at radius 1 is 1.31 bits per heavy atom. The van der Waals surface area contributed by atoms with E-state index in [1.54, 1.807) is 6.92 Å². The lowest BCUT2D eigenvalue weighted by Gasteiger charge is -2.12. The second-order valence-corrected chi connectivity index (χ2v) is 8.55. The van der Waals surface area contributed by atoms with Crippen LogP contribution in [0.15, 0.2) is 24.3 Å².